The molecule has 1 aliphatic carbocycles. The van der Waals surface area contributed by atoms with Crippen molar-refractivity contribution in [2.24, 2.45) is 10.9 Å². The first-order chi connectivity index (χ1) is 12.2. The van der Waals surface area contributed by atoms with Gasteiger partial charge < -0.3 is 20.1 Å². The summed E-state index contributed by atoms with van der Waals surface area (Å²) in [6.45, 7) is 0.909. The molecule has 1 fully saturated rings. The molecular weight excluding hydrogens is 314 g/mol. The summed E-state index contributed by atoms with van der Waals surface area (Å²) in [6.07, 6.45) is 1.23. The van der Waals surface area contributed by atoms with Crippen molar-refractivity contribution in [3.8, 4) is 11.5 Å². The molecule has 0 aliphatic heterocycles. The van der Waals surface area contributed by atoms with Crippen LogP contribution in [0.3, 0.4) is 0 Å². The number of methoxy groups -OCH3 is 2. The standard InChI is InChI=1S/C20H25N3O2/c1-21-20(23-16-9-10-18(24-2)19(12-16)25-3)22-13-15-11-17(15)14-7-5-4-6-8-14/h4-10,12,15,17H,11,13H2,1-3H3,(H2,21,22,23). The van der Waals surface area contributed by atoms with E-state index in [1.807, 2.05) is 18.2 Å². The molecule has 1 aliphatic rings. The van der Waals surface area contributed by atoms with Gasteiger partial charge in [0.25, 0.3) is 0 Å². The van der Waals surface area contributed by atoms with Crippen LogP contribution in [0.15, 0.2) is 53.5 Å². The van der Waals surface area contributed by atoms with Crippen LogP contribution < -0.4 is 20.1 Å². The van der Waals surface area contributed by atoms with E-state index in [0.29, 0.717) is 23.3 Å². The van der Waals surface area contributed by atoms with Crippen LogP contribution in [0.25, 0.3) is 0 Å². The van der Waals surface area contributed by atoms with Crippen LogP contribution in [0.4, 0.5) is 5.69 Å². The molecule has 0 bridgehead atoms. The Morgan fingerprint density at radius 2 is 1.84 bits per heavy atom. The molecule has 5 nitrogen and oxygen atoms in total. The fourth-order valence-electron chi connectivity index (χ4n) is 3.04. The monoisotopic (exact) mass is 339 g/mol. The summed E-state index contributed by atoms with van der Waals surface area (Å²) in [4.78, 5) is 4.30. The van der Waals surface area contributed by atoms with Crippen molar-refractivity contribution < 1.29 is 9.47 Å². The summed E-state index contributed by atoms with van der Waals surface area (Å²) < 4.78 is 10.6. The normalized spacial score (nSPS) is 19.2. The highest BCUT2D eigenvalue weighted by Gasteiger charge is 2.37. The van der Waals surface area contributed by atoms with E-state index in [4.69, 9.17) is 9.47 Å². The number of anilines is 1. The van der Waals surface area contributed by atoms with Crippen LogP contribution in [-0.2, 0) is 0 Å². The summed E-state index contributed by atoms with van der Waals surface area (Å²) in [5.41, 5.74) is 2.33. The first-order valence-corrected chi connectivity index (χ1v) is 8.49. The first-order valence-electron chi connectivity index (χ1n) is 8.49. The molecule has 5 heteroatoms. The average Bonchev–Trinajstić information content (AvgIpc) is 3.45. The van der Waals surface area contributed by atoms with Crippen molar-refractivity contribution in [1.82, 2.24) is 5.32 Å². The molecule has 0 heterocycles. The zero-order valence-electron chi connectivity index (χ0n) is 15.0. The largest absolute Gasteiger partial charge is 0.493 e. The van der Waals surface area contributed by atoms with Gasteiger partial charge in [-0.1, -0.05) is 30.3 Å². The molecule has 0 aromatic heterocycles. The highest BCUT2D eigenvalue weighted by molar-refractivity contribution is 5.93. The van der Waals surface area contributed by atoms with E-state index in [1.165, 1.54) is 12.0 Å². The number of hydrogen-bond donors (Lipinski definition) is 2. The van der Waals surface area contributed by atoms with E-state index >= 15 is 0 Å². The third-order valence-corrected chi connectivity index (χ3v) is 4.55. The predicted octanol–water partition coefficient (Wildman–Crippen LogP) is 3.49. The molecule has 2 N–H and O–H groups in total. The van der Waals surface area contributed by atoms with E-state index in [2.05, 4.69) is 46.0 Å². The molecule has 0 saturated heterocycles. The van der Waals surface area contributed by atoms with Gasteiger partial charge in [-0.3, -0.25) is 4.99 Å². The van der Waals surface area contributed by atoms with Crippen molar-refractivity contribution in [3.05, 3.63) is 54.1 Å². The maximum Gasteiger partial charge on any atom is 0.195 e. The number of rotatable bonds is 6. The van der Waals surface area contributed by atoms with Crippen molar-refractivity contribution in [2.75, 3.05) is 33.1 Å². The van der Waals surface area contributed by atoms with Crippen molar-refractivity contribution >= 4 is 11.6 Å². The maximum absolute atomic E-state index is 5.34. The molecule has 132 valence electrons. The molecule has 25 heavy (non-hydrogen) atoms. The number of hydrogen-bond acceptors (Lipinski definition) is 3. The Balaban J connectivity index is 1.54. The summed E-state index contributed by atoms with van der Waals surface area (Å²) in [5, 5.41) is 6.71. The van der Waals surface area contributed by atoms with Gasteiger partial charge in [0.2, 0.25) is 0 Å². The van der Waals surface area contributed by atoms with E-state index in [-0.39, 0.29) is 0 Å². The van der Waals surface area contributed by atoms with Crippen LogP contribution in [0.2, 0.25) is 0 Å². The van der Waals surface area contributed by atoms with Crippen LogP contribution in [-0.4, -0.2) is 33.8 Å². The zero-order valence-corrected chi connectivity index (χ0v) is 15.0. The minimum Gasteiger partial charge on any atom is -0.493 e. The van der Waals surface area contributed by atoms with Crippen molar-refractivity contribution in [2.45, 2.75) is 12.3 Å². The van der Waals surface area contributed by atoms with Gasteiger partial charge >= 0.3 is 0 Å². The lowest BCUT2D eigenvalue weighted by atomic mass is 10.1. The molecule has 3 rings (SSSR count). The molecule has 1 saturated carbocycles. The van der Waals surface area contributed by atoms with Gasteiger partial charge in [0.1, 0.15) is 0 Å². The Morgan fingerprint density at radius 1 is 1.08 bits per heavy atom. The third kappa shape index (κ3) is 4.24. The van der Waals surface area contributed by atoms with Gasteiger partial charge in [-0.05, 0) is 36.0 Å². The number of benzene rings is 2. The average molecular weight is 339 g/mol. The molecule has 2 unspecified atom stereocenters. The molecule has 2 aromatic carbocycles. The van der Waals surface area contributed by atoms with Crippen LogP contribution in [0.1, 0.15) is 17.9 Å². The van der Waals surface area contributed by atoms with Crippen LogP contribution in [0.5, 0.6) is 11.5 Å². The number of nitrogens with one attached hydrogen (secondary N) is 2. The molecule has 0 spiro atoms. The predicted molar refractivity (Wildman–Crippen MR) is 102 cm³/mol. The minimum absolute atomic E-state index is 0.659. The second-order valence-electron chi connectivity index (χ2n) is 6.16. The van der Waals surface area contributed by atoms with E-state index in [0.717, 1.165) is 18.2 Å². The number of aliphatic imine (C=N–C) groups is 1. The maximum atomic E-state index is 5.34. The van der Waals surface area contributed by atoms with Gasteiger partial charge in [0, 0.05) is 25.3 Å². The van der Waals surface area contributed by atoms with Gasteiger partial charge in [-0.15, -0.1) is 0 Å². The Hall–Kier alpha value is -2.69. The molecule has 0 amide bonds. The van der Waals surface area contributed by atoms with Crippen molar-refractivity contribution in [3.63, 3.8) is 0 Å². The van der Waals surface area contributed by atoms with Gasteiger partial charge in [0.05, 0.1) is 14.2 Å². The summed E-state index contributed by atoms with van der Waals surface area (Å²) in [7, 11) is 5.04. The van der Waals surface area contributed by atoms with Crippen molar-refractivity contribution in [1.29, 1.82) is 0 Å². The second-order valence-corrected chi connectivity index (χ2v) is 6.16. The van der Waals surface area contributed by atoms with E-state index in [1.54, 1.807) is 21.3 Å². The Morgan fingerprint density at radius 3 is 2.52 bits per heavy atom. The molecule has 2 aromatic rings. The lowest BCUT2D eigenvalue weighted by Gasteiger charge is -2.14. The number of nitrogens with zero attached hydrogens (tertiary/aromatic N) is 1. The molecule has 0 radical (unpaired) electrons. The topological polar surface area (TPSA) is 54.9 Å². The molecular formula is C20H25N3O2. The number of ether oxygens (including phenoxy) is 2. The Bertz CT molecular complexity index is 731. The Kier molecular flexibility index (Phi) is 5.43. The number of guanidine groups is 1. The summed E-state index contributed by atoms with van der Waals surface area (Å²) in [6, 6.07) is 16.4. The smallest absolute Gasteiger partial charge is 0.195 e. The first kappa shape index (κ1) is 17.1. The van der Waals surface area contributed by atoms with Gasteiger partial charge in [-0.2, -0.15) is 0 Å². The fraction of sp³-hybridized carbons (Fsp3) is 0.350. The third-order valence-electron chi connectivity index (χ3n) is 4.55. The highest BCUT2D eigenvalue weighted by Crippen LogP contribution is 2.46. The minimum atomic E-state index is 0.659. The lowest BCUT2D eigenvalue weighted by Crippen LogP contribution is -2.32. The van der Waals surface area contributed by atoms with Crippen LogP contribution in [0, 0.1) is 5.92 Å². The van der Waals surface area contributed by atoms with Gasteiger partial charge in [0.15, 0.2) is 17.5 Å². The van der Waals surface area contributed by atoms with E-state index < -0.39 is 0 Å². The Labute approximate surface area is 149 Å². The van der Waals surface area contributed by atoms with E-state index in [9.17, 15) is 0 Å². The quantitative estimate of drug-likeness (QED) is 0.625. The molecule has 2 atom stereocenters. The summed E-state index contributed by atoms with van der Waals surface area (Å²) in [5.74, 6) is 3.47. The van der Waals surface area contributed by atoms with Crippen LogP contribution >= 0.6 is 0 Å². The SMILES string of the molecule is CN=C(NCC1CC1c1ccccc1)Nc1ccc(OC)c(OC)c1. The zero-order chi connectivity index (χ0) is 17.6. The second kappa shape index (κ2) is 7.92. The fourth-order valence-corrected chi connectivity index (χ4v) is 3.04. The van der Waals surface area contributed by atoms with Gasteiger partial charge in [-0.25, -0.2) is 0 Å². The lowest BCUT2D eigenvalue weighted by molar-refractivity contribution is 0.355. The highest BCUT2D eigenvalue weighted by atomic mass is 16.5. The summed E-state index contributed by atoms with van der Waals surface area (Å²) >= 11 is 0.